The molecule has 0 bridgehead atoms. The number of imidazole rings is 1. The molecule has 0 fully saturated rings. The minimum atomic E-state index is -3.35. The number of aliphatic hydroxyl groups is 1. The van der Waals surface area contributed by atoms with Gasteiger partial charge in [-0.3, -0.25) is 0 Å². The Kier molecular flexibility index (Phi) is 6.70. The van der Waals surface area contributed by atoms with Gasteiger partial charge in [0.25, 0.3) is 0 Å². The number of hydrogen-bond donors (Lipinski definition) is 2. The van der Waals surface area contributed by atoms with Crippen LogP contribution in [-0.4, -0.2) is 45.4 Å². The lowest BCUT2D eigenvalue weighted by molar-refractivity contribution is 0.277. The maximum Gasteiger partial charge on any atom is 0.178 e. The number of nitrogens with one attached hydrogen (secondary N) is 1. The molecule has 2 N–H and O–H groups in total. The maximum atomic E-state index is 12.5. The van der Waals surface area contributed by atoms with Crippen molar-refractivity contribution in [1.82, 2.24) is 19.5 Å². The molecule has 5 aromatic rings. The molecule has 5 rings (SSSR count). The van der Waals surface area contributed by atoms with Crippen LogP contribution in [0, 0.1) is 0 Å². The Morgan fingerprint density at radius 1 is 1.17 bits per heavy atom. The normalized spacial score (nSPS) is 12.0. The average Bonchev–Trinajstić information content (AvgIpc) is 3.51. The van der Waals surface area contributed by atoms with Crippen LogP contribution in [0.2, 0.25) is 5.02 Å². The van der Waals surface area contributed by atoms with Crippen molar-refractivity contribution in [2.75, 3.05) is 12.4 Å². The van der Waals surface area contributed by atoms with Gasteiger partial charge >= 0.3 is 0 Å². The molecule has 3 aromatic heterocycles. The fourth-order valence-corrected chi connectivity index (χ4v) is 5.34. The molecule has 0 saturated heterocycles. The first kappa shape index (κ1) is 24.3. The predicted molar refractivity (Wildman–Crippen MR) is 140 cm³/mol. The number of aromatic amines is 1. The number of aliphatic hydroxyl groups excluding tert-OH is 1. The van der Waals surface area contributed by atoms with E-state index in [0.29, 0.717) is 35.3 Å². The maximum absolute atomic E-state index is 12.5. The first-order valence-electron chi connectivity index (χ1n) is 11.6. The number of halogens is 1. The number of hydrogen-bond acceptors (Lipinski definition) is 6. The first-order chi connectivity index (χ1) is 17.4. The minimum absolute atomic E-state index is 0.0334. The molecular formula is C26H25ClN4O4S. The topological polar surface area (TPSA) is 110 Å². The van der Waals surface area contributed by atoms with E-state index in [1.165, 1.54) is 0 Å². The van der Waals surface area contributed by atoms with Crippen LogP contribution in [0.4, 0.5) is 0 Å². The fraction of sp³-hybridized carbons (Fsp3) is 0.231. The second-order valence-corrected chi connectivity index (χ2v) is 11.1. The summed E-state index contributed by atoms with van der Waals surface area (Å²) >= 11 is 6.28. The van der Waals surface area contributed by atoms with E-state index in [2.05, 4.69) is 15.0 Å². The fourth-order valence-electron chi connectivity index (χ4n) is 4.26. The molecule has 10 heteroatoms. The van der Waals surface area contributed by atoms with Crippen LogP contribution in [0.3, 0.4) is 0 Å². The van der Waals surface area contributed by atoms with Crippen molar-refractivity contribution in [2.45, 2.75) is 31.4 Å². The first-order valence-corrected chi connectivity index (χ1v) is 13.6. The van der Waals surface area contributed by atoms with Gasteiger partial charge in [-0.2, -0.15) is 0 Å². The number of nitrogens with zero attached hydrogens (tertiary/aromatic N) is 3. The number of aryl methyl sites for hydroxylation is 1. The van der Waals surface area contributed by atoms with Gasteiger partial charge in [-0.05, 0) is 47.9 Å². The van der Waals surface area contributed by atoms with E-state index in [-0.39, 0.29) is 17.3 Å². The van der Waals surface area contributed by atoms with E-state index in [9.17, 15) is 13.5 Å². The number of benzene rings is 2. The summed E-state index contributed by atoms with van der Waals surface area (Å²) in [4.78, 5) is 12.2. The van der Waals surface area contributed by atoms with Crippen molar-refractivity contribution < 1.29 is 18.3 Å². The number of ether oxygens (including phenoxy) is 1. The zero-order valence-electron chi connectivity index (χ0n) is 19.6. The van der Waals surface area contributed by atoms with Gasteiger partial charge in [0.15, 0.2) is 9.84 Å². The zero-order chi connectivity index (χ0) is 25.3. The van der Waals surface area contributed by atoms with Gasteiger partial charge < -0.3 is 19.4 Å². The Morgan fingerprint density at radius 2 is 2.03 bits per heavy atom. The van der Waals surface area contributed by atoms with Crippen molar-refractivity contribution >= 4 is 43.4 Å². The number of pyridine rings is 1. The Bertz CT molecular complexity index is 1660. The van der Waals surface area contributed by atoms with E-state index >= 15 is 0 Å². The van der Waals surface area contributed by atoms with Crippen molar-refractivity contribution in [3.05, 3.63) is 71.9 Å². The molecule has 0 spiro atoms. The number of rotatable bonds is 9. The lowest BCUT2D eigenvalue weighted by atomic mass is 9.99. The molecule has 0 amide bonds. The monoisotopic (exact) mass is 524 g/mol. The third kappa shape index (κ3) is 4.69. The molecule has 0 saturated carbocycles. The van der Waals surface area contributed by atoms with Gasteiger partial charge in [0.05, 0.1) is 46.4 Å². The summed E-state index contributed by atoms with van der Waals surface area (Å²) in [5, 5.41) is 11.4. The number of aromatic nitrogens is 4. The third-order valence-electron chi connectivity index (χ3n) is 6.09. The van der Waals surface area contributed by atoms with Crippen LogP contribution in [0.15, 0.2) is 66.1 Å². The SMILES string of the molecule is CCS(=O)(=O)c1cccc(-c2ccc(OCCCn3cnc(CO)c3)c3[nH]c4ncc(Cl)cc4c23)c1. The highest BCUT2D eigenvalue weighted by molar-refractivity contribution is 7.91. The summed E-state index contributed by atoms with van der Waals surface area (Å²) in [5.74, 6) is 0.702. The molecule has 3 heterocycles. The van der Waals surface area contributed by atoms with Crippen LogP contribution < -0.4 is 4.74 Å². The summed E-state index contributed by atoms with van der Waals surface area (Å²) in [6.07, 6.45) is 5.83. The number of fused-ring (bicyclic) bond motifs is 3. The van der Waals surface area contributed by atoms with Crippen molar-refractivity contribution in [1.29, 1.82) is 0 Å². The third-order valence-corrected chi connectivity index (χ3v) is 8.02. The summed E-state index contributed by atoms with van der Waals surface area (Å²) in [6, 6.07) is 12.6. The molecule has 186 valence electrons. The van der Waals surface area contributed by atoms with Gasteiger partial charge in [0.1, 0.15) is 11.4 Å². The van der Waals surface area contributed by atoms with Gasteiger partial charge in [-0.25, -0.2) is 18.4 Å². The highest BCUT2D eigenvalue weighted by Gasteiger charge is 2.18. The van der Waals surface area contributed by atoms with E-state index in [0.717, 1.165) is 33.8 Å². The molecule has 36 heavy (non-hydrogen) atoms. The van der Waals surface area contributed by atoms with Crippen LogP contribution in [0.1, 0.15) is 19.0 Å². The quantitative estimate of drug-likeness (QED) is 0.263. The average molecular weight is 525 g/mol. The van der Waals surface area contributed by atoms with Crippen molar-refractivity contribution in [3.63, 3.8) is 0 Å². The predicted octanol–water partition coefficient (Wildman–Crippen LogP) is 4.99. The van der Waals surface area contributed by atoms with E-state index in [1.54, 1.807) is 37.6 Å². The Hall–Kier alpha value is -3.40. The lowest BCUT2D eigenvalue weighted by Gasteiger charge is -2.12. The van der Waals surface area contributed by atoms with Gasteiger partial charge in [0, 0.05) is 29.7 Å². The Labute approximate surface area is 213 Å². The zero-order valence-corrected chi connectivity index (χ0v) is 21.2. The standard InChI is InChI=1S/C26H25ClN4O4S/c1-2-36(33,34)20-6-3-5-17(11-20)21-7-8-23(35-10-4-9-31-14-19(15-32)29-16-31)25-24(21)22-12-18(27)13-28-26(22)30-25/h3,5-8,11-14,16,32H,2,4,9-10,15H2,1H3,(H,28,30). The Balaban J connectivity index is 1.52. The molecular weight excluding hydrogens is 500 g/mol. The Morgan fingerprint density at radius 3 is 2.81 bits per heavy atom. The second kappa shape index (κ2) is 9.93. The number of H-pyrrole nitrogens is 1. The highest BCUT2D eigenvalue weighted by Crippen LogP contribution is 2.40. The summed E-state index contributed by atoms with van der Waals surface area (Å²) in [5.41, 5.74) is 3.70. The molecule has 0 unspecified atom stereocenters. The van der Waals surface area contributed by atoms with E-state index < -0.39 is 9.84 Å². The molecule has 0 aliphatic carbocycles. The molecule has 0 aliphatic rings. The van der Waals surface area contributed by atoms with Crippen molar-refractivity contribution in [2.24, 2.45) is 0 Å². The lowest BCUT2D eigenvalue weighted by Crippen LogP contribution is -2.04. The summed E-state index contributed by atoms with van der Waals surface area (Å²) in [7, 11) is -3.35. The van der Waals surface area contributed by atoms with Crippen LogP contribution in [-0.2, 0) is 23.0 Å². The smallest absolute Gasteiger partial charge is 0.178 e. The van der Waals surface area contributed by atoms with Gasteiger partial charge in [0.2, 0.25) is 0 Å². The highest BCUT2D eigenvalue weighted by atomic mass is 35.5. The second-order valence-electron chi connectivity index (χ2n) is 8.43. The van der Waals surface area contributed by atoms with Crippen LogP contribution >= 0.6 is 11.6 Å². The van der Waals surface area contributed by atoms with E-state index in [4.69, 9.17) is 16.3 Å². The minimum Gasteiger partial charge on any atom is -0.491 e. The van der Waals surface area contributed by atoms with Gasteiger partial charge in [-0.15, -0.1) is 0 Å². The molecule has 0 aliphatic heterocycles. The van der Waals surface area contributed by atoms with Crippen LogP contribution in [0.25, 0.3) is 33.1 Å². The van der Waals surface area contributed by atoms with Crippen LogP contribution in [0.5, 0.6) is 5.75 Å². The number of sulfone groups is 1. The largest absolute Gasteiger partial charge is 0.491 e. The van der Waals surface area contributed by atoms with E-state index in [1.807, 2.05) is 35.0 Å². The molecule has 0 radical (unpaired) electrons. The van der Waals surface area contributed by atoms with Crippen molar-refractivity contribution in [3.8, 4) is 16.9 Å². The molecule has 2 aromatic carbocycles. The summed E-state index contributed by atoms with van der Waals surface area (Å²) in [6.45, 7) is 2.73. The van der Waals surface area contributed by atoms with Gasteiger partial charge in [-0.1, -0.05) is 30.7 Å². The summed E-state index contributed by atoms with van der Waals surface area (Å²) < 4.78 is 33.1. The molecule has 8 nitrogen and oxygen atoms in total. The molecule has 0 atom stereocenters.